The maximum Gasteiger partial charge on any atom is 0.332 e. The Balaban J connectivity index is 0. The van der Waals surface area contributed by atoms with E-state index in [1.54, 1.807) is 0 Å². The summed E-state index contributed by atoms with van der Waals surface area (Å²) in [5, 5.41) is 31.4. The molecule has 0 fully saturated rings. The van der Waals surface area contributed by atoms with E-state index in [2.05, 4.69) is 11.5 Å². The first-order chi connectivity index (χ1) is 7.11. The molecule has 0 spiro atoms. The van der Waals surface area contributed by atoms with Crippen molar-refractivity contribution in [3.8, 4) is 0 Å². The first-order valence-corrected chi connectivity index (χ1v) is 3.53. The second-order valence-corrected chi connectivity index (χ2v) is 2.31. The highest BCUT2D eigenvalue weighted by molar-refractivity contribution is 5.97. The highest BCUT2D eigenvalue weighted by Crippen LogP contribution is 1.75. The van der Waals surface area contributed by atoms with E-state index in [9.17, 15) is 19.2 Å². The fraction of sp³-hybridized carbons (Fsp3) is 0.333. The smallest absolute Gasteiger partial charge is 0.332 e. The molecule has 0 aliphatic heterocycles. The minimum atomic E-state index is -1.80. The van der Waals surface area contributed by atoms with E-state index >= 15 is 0 Å². The molecule has 10 nitrogen and oxygen atoms in total. The molecule has 16 heavy (non-hydrogen) atoms. The van der Waals surface area contributed by atoms with Crippen LogP contribution in [-0.2, 0) is 19.2 Å². The van der Waals surface area contributed by atoms with Gasteiger partial charge in [-0.15, -0.1) is 0 Å². The van der Waals surface area contributed by atoms with Gasteiger partial charge in [0.05, 0.1) is 0 Å². The Bertz CT molecular complexity index is 243. The Kier molecular flexibility index (Phi) is 7.25. The van der Waals surface area contributed by atoms with Gasteiger partial charge in [0, 0.05) is 0 Å². The zero-order valence-corrected chi connectivity index (χ0v) is 7.73. The SMILES string of the molecule is NC(C(=O)O)C(=O)O.NC(C(=O)O)C(=O)O. The molecular weight excluding hydrogens is 228 g/mol. The third-order valence-electron chi connectivity index (χ3n) is 1.06. The number of nitrogens with two attached hydrogens (primary N) is 2. The van der Waals surface area contributed by atoms with Crippen molar-refractivity contribution >= 4 is 23.9 Å². The van der Waals surface area contributed by atoms with E-state index in [4.69, 9.17) is 20.4 Å². The molecule has 0 unspecified atom stereocenters. The van der Waals surface area contributed by atoms with Crippen LogP contribution in [-0.4, -0.2) is 56.4 Å². The summed E-state index contributed by atoms with van der Waals surface area (Å²) in [5.41, 5.74) is 9.12. The van der Waals surface area contributed by atoms with Crippen LogP contribution in [0.3, 0.4) is 0 Å². The standard InChI is InChI=1S/2C3H5NO4/c2*4-1(2(5)6)3(7)8/h2*1H,4H2,(H,5,6)(H,7,8). The third kappa shape index (κ3) is 7.23. The molecule has 0 aromatic rings. The fourth-order valence-corrected chi connectivity index (χ4v) is 0.211. The van der Waals surface area contributed by atoms with Crippen LogP contribution in [0, 0.1) is 0 Å². The third-order valence-corrected chi connectivity index (χ3v) is 1.06. The predicted molar refractivity (Wildman–Crippen MR) is 46.5 cm³/mol. The van der Waals surface area contributed by atoms with Gasteiger partial charge in [0.1, 0.15) is 0 Å². The van der Waals surface area contributed by atoms with Crippen molar-refractivity contribution in [3.63, 3.8) is 0 Å². The Morgan fingerprint density at radius 3 is 0.750 bits per heavy atom. The normalized spacial score (nSPS) is 9.25. The average Bonchev–Trinajstić information content (AvgIpc) is 2.15. The summed E-state index contributed by atoms with van der Waals surface area (Å²) in [4.78, 5) is 38.5. The van der Waals surface area contributed by atoms with Crippen molar-refractivity contribution in [2.24, 2.45) is 11.5 Å². The summed E-state index contributed by atoms with van der Waals surface area (Å²) in [6, 6.07) is -3.59. The van der Waals surface area contributed by atoms with Crippen molar-refractivity contribution in [2.75, 3.05) is 0 Å². The highest BCUT2D eigenvalue weighted by Gasteiger charge is 2.19. The van der Waals surface area contributed by atoms with Gasteiger partial charge in [-0.25, -0.2) is 19.2 Å². The minimum absolute atomic E-state index is 1.53. The molecule has 0 aromatic carbocycles. The van der Waals surface area contributed by atoms with Crippen LogP contribution < -0.4 is 11.5 Å². The number of carboxylic acid groups (broad SMARTS) is 4. The van der Waals surface area contributed by atoms with Gasteiger partial charge in [0.2, 0.25) is 12.1 Å². The van der Waals surface area contributed by atoms with Crippen LogP contribution in [0.15, 0.2) is 0 Å². The quantitative estimate of drug-likeness (QED) is 0.273. The van der Waals surface area contributed by atoms with Crippen LogP contribution in [0.25, 0.3) is 0 Å². The van der Waals surface area contributed by atoms with Crippen molar-refractivity contribution < 1.29 is 39.6 Å². The van der Waals surface area contributed by atoms with Gasteiger partial charge in [-0.1, -0.05) is 0 Å². The Morgan fingerprint density at radius 1 is 0.625 bits per heavy atom. The predicted octanol–water partition coefficient (Wildman–Crippen LogP) is -3.03. The van der Waals surface area contributed by atoms with Crippen molar-refractivity contribution in [1.29, 1.82) is 0 Å². The van der Waals surface area contributed by atoms with Gasteiger partial charge in [0.15, 0.2) is 0 Å². The Hall–Kier alpha value is -2.20. The summed E-state index contributed by atoms with van der Waals surface area (Å²) >= 11 is 0. The van der Waals surface area contributed by atoms with E-state index in [-0.39, 0.29) is 0 Å². The summed E-state index contributed by atoms with van der Waals surface area (Å²) in [6.45, 7) is 0. The van der Waals surface area contributed by atoms with Crippen molar-refractivity contribution in [1.82, 2.24) is 0 Å². The summed E-state index contributed by atoms with van der Waals surface area (Å²) in [5.74, 6) is -6.12. The first-order valence-electron chi connectivity index (χ1n) is 3.53. The molecule has 0 amide bonds. The zero-order chi connectivity index (χ0) is 13.5. The lowest BCUT2D eigenvalue weighted by Crippen LogP contribution is -2.38. The molecule has 8 N–H and O–H groups in total. The molecule has 0 radical (unpaired) electrons. The molecule has 0 bridgehead atoms. The molecule has 0 saturated heterocycles. The molecule has 0 aliphatic carbocycles. The Morgan fingerprint density at radius 2 is 0.750 bits per heavy atom. The number of rotatable bonds is 4. The van der Waals surface area contributed by atoms with Crippen molar-refractivity contribution in [2.45, 2.75) is 12.1 Å². The zero-order valence-electron chi connectivity index (χ0n) is 7.73. The van der Waals surface area contributed by atoms with E-state index in [1.165, 1.54) is 0 Å². The van der Waals surface area contributed by atoms with Crippen LogP contribution in [0.4, 0.5) is 0 Å². The maximum absolute atomic E-state index is 9.63. The van der Waals surface area contributed by atoms with Crippen LogP contribution in [0.2, 0.25) is 0 Å². The summed E-state index contributed by atoms with van der Waals surface area (Å²) < 4.78 is 0. The molecule has 0 aromatic heterocycles. The number of hydrogen-bond donors (Lipinski definition) is 6. The molecule has 10 heteroatoms. The largest absolute Gasteiger partial charge is 0.480 e. The maximum atomic E-state index is 9.63. The minimum Gasteiger partial charge on any atom is -0.480 e. The topological polar surface area (TPSA) is 201 Å². The van der Waals surface area contributed by atoms with Gasteiger partial charge in [-0.3, -0.25) is 0 Å². The summed E-state index contributed by atoms with van der Waals surface area (Å²) in [6.07, 6.45) is 0. The molecule has 0 rings (SSSR count). The highest BCUT2D eigenvalue weighted by atomic mass is 16.4. The lowest BCUT2D eigenvalue weighted by molar-refractivity contribution is -0.151. The first kappa shape index (κ1) is 16.2. The van der Waals surface area contributed by atoms with Crippen molar-refractivity contribution in [3.05, 3.63) is 0 Å². The van der Waals surface area contributed by atoms with E-state index in [0.717, 1.165) is 0 Å². The number of carboxylic acids is 4. The molecule has 0 heterocycles. The van der Waals surface area contributed by atoms with Gasteiger partial charge in [-0.05, 0) is 0 Å². The van der Waals surface area contributed by atoms with Crippen LogP contribution >= 0.6 is 0 Å². The lowest BCUT2D eigenvalue weighted by atomic mass is 10.3. The molecular formula is C6H10N2O8. The molecule has 0 aliphatic rings. The fourth-order valence-electron chi connectivity index (χ4n) is 0.211. The number of hydrogen-bond acceptors (Lipinski definition) is 6. The number of carbonyl (C=O) groups is 4. The van der Waals surface area contributed by atoms with Crippen LogP contribution in [0.5, 0.6) is 0 Å². The number of aliphatic carboxylic acids is 4. The van der Waals surface area contributed by atoms with Gasteiger partial charge in [-0.2, -0.15) is 0 Å². The molecule has 0 atom stereocenters. The molecule has 92 valence electrons. The van der Waals surface area contributed by atoms with Gasteiger partial charge >= 0.3 is 23.9 Å². The second kappa shape index (κ2) is 7.14. The molecule has 0 saturated carbocycles. The van der Waals surface area contributed by atoms with E-state index in [0.29, 0.717) is 0 Å². The average molecular weight is 238 g/mol. The second-order valence-electron chi connectivity index (χ2n) is 2.31. The monoisotopic (exact) mass is 238 g/mol. The lowest BCUT2D eigenvalue weighted by Gasteiger charge is -1.95. The van der Waals surface area contributed by atoms with Gasteiger partial charge in [0.25, 0.3) is 0 Å². The summed E-state index contributed by atoms with van der Waals surface area (Å²) in [7, 11) is 0. The van der Waals surface area contributed by atoms with Gasteiger partial charge < -0.3 is 31.9 Å². The van der Waals surface area contributed by atoms with E-state index in [1.807, 2.05) is 0 Å². The van der Waals surface area contributed by atoms with E-state index < -0.39 is 36.0 Å². The Labute approximate surface area is 88.1 Å². The van der Waals surface area contributed by atoms with Crippen LogP contribution in [0.1, 0.15) is 0 Å².